The quantitative estimate of drug-likeness (QED) is 0.447. The number of carbonyl (C=O) groups is 2. The number of hydrogen-bond donors (Lipinski definition) is 2. The molecular formula is C8H16N2O3. The molecule has 4 N–H and O–H groups in total. The topological polar surface area (TPSA) is 95.4 Å². The molecule has 0 spiro atoms. The van der Waals surface area contributed by atoms with E-state index in [2.05, 4.69) is 4.74 Å². The van der Waals surface area contributed by atoms with Gasteiger partial charge in [-0.1, -0.05) is 13.8 Å². The lowest BCUT2D eigenvalue weighted by atomic mass is 10.2. The van der Waals surface area contributed by atoms with Crippen LogP contribution in [0.4, 0.5) is 0 Å². The predicted octanol–water partition coefficient (Wildman–Crippen LogP) is -0.754. The summed E-state index contributed by atoms with van der Waals surface area (Å²) in [6, 6.07) is 0. The lowest BCUT2D eigenvalue weighted by Gasteiger charge is -2.10. The zero-order valence-electron chi connectivity index (χ0n) is 7.95. The Hall–Kier alpha value is -0.940. The molecule has 2 atom stereocenters. The number of carbonyl (C=O) groups excluding carboxylic acids is 2. The minimum Gasteiger partial charge on any atom is -0.393 e. The lowest BCUT2D eigenvalue weighted by Crippen LogP contribution is -2.30. The summed E-state index contributed by atoms with van der Waals surface area (Å²) in [6.07, 6.45) is 0. The van der Waals surface area contributed by atoms with E-state index >= 15 is 0 Å². The van der Waals surface area contributed by atoms with Crippen LogP contribution >= 0.6 is 0 Å². The fourth-order valence-electron chi connectivity index (χ4n) is 0.493. The highest BCUT2D eigenvalue weighted by Gasteiger charge is 2.20. The lowest BCUT2D eigenvalue weighted by molar-refractivity contribution is -0.164. The van der Waals surface area contributed by atoms with Crippen LogP contribution in [-0.2, 0) is 14.3 Å². The van der Waals surface area contributed by atoms with E-state index in [0.717, 1.165) is 0 Å². The van der Waals surface area contributed by atoms with Gasteiger partial charge in [0.25, 0.3) is 0 Å². The molecule has 0 heterocycles. The molecule has 5 nitrogen and oxygen atoms in total. The Kier molecular flexibility index (Phi) is 5.25. The number of hydrogen-bond acceptors (Lipinski definition) is 5. The number of nitrogens with two attached hydrogens (primary N) is 2. The van der Waals surface area contributed by atoms with Crippen LogP contribution in [0.1, 0.15) is 13.8 Å². The first-order valence-electron chi connectivity index (χ1n) is 4.18. The normalized spacial score (nSPS) is 14.8. The van der Waals surface area contributed by atoms with Gasteiger partial charge in [-0.05, 0) is 0 Å². The number of ether oxygens (including phenoxy) is 1. The largest absolute Gasteiger partial charge is 0.393 e. The van der Waals surface area contributed by atoms with Crippen molar-refractivity contribution < 1.29 is 14.3 Å². The molecule has 13 heavy (non-hydrogen) atoms. The molecule has 0 aliphatic heterocycles. The van der Waals surface area contributed by atoms with Gasteiger partial charge in [-0.15, -0.1) is 0 Å². The second-order valence-corrected chi connectivity index (χ2v) is 3.01. The minimum atomic E-state index is -0.590. The molecule has 0 aromatic carbocycles. The van der Waals surface area contributed by atoms with Crippen LogP contribution in [0.25, 0.3) is 0 Å². The molecule has 0 saturated heterocycles. The third-order valence-electron chi connectivity index (χ3n) is 1.71. The maximum atomic E-state index is 11.0. The van der Waals surface area contributed by atoms with Crippen molar-refractivity contribution in [3.8, 4) is 0 Å². The summed E-state index contributed by atoms with van der Waals surface area (Å²) < 4.78 is 4.52. The van der Waals surface area contributed by atoms with Crippen molar-refractivity contribution in [1.29, 1.82) is 0 Å². The Bertz CT molecular complexity index is 174. The van der Waals surface area contributed by atoms with Gasteiger partial charge in [-0.2, -0.15) is 0 Å². The Morgan fingerprint density at radius 3 is 1.62 bits per heavy atom. The summed E-state index contributed by atoms with van der Waals surface area (Å²) in [5.41, 5.74) is 10.4. The molecule has 0 aliphatic rings. The van der Waals surface area contributed by atoms with Gasteiger partial charge in [0.15, 0.2) is 0 Å². The summed E-state index contributed by atoms with van der Waals surface area (Å²) >= 11 is 0. The van der Waals surface area contributed by atoms with Crippen LogP contribution in [0.2, 0.25) is 0 Å². The summed E-state index contributed by atoms with van der Waals surface area (Å²) in [5, 5.41) is 0. The first kappa shape index (κ1) is 12.1. The Balaban J connectivity index is 3.99. The molecule has 2 unspecified atom stereocenters. The molecule has 0 aromatic rings. The van der Waals surface area contributed by atoms with Crippen molar-refractivity contribution in [1.82, 2.24) is 0 Å². The second-order valence-electron chi connectivity index (χ2n) is 3.01. The van der Waals surface area contributed by atoms with E-state index in [9.17, 15) is 9.59 Å². The van der Waals surface area contributed by atoms with Crippen LogP contribution in [0.15, 0.2) is 0 Å². The van der Waals surface area contributed by atoms with Gasteiger partial charge in [0.05, 0.1) is 11.8 Å². The van der Waals surface area contributed by atoms with Crippen LogP contribution in [0.5, 0.6) is 0 Å². The molecule has 0 fully saturated rings. The van der Waals surface area contributed by atoms with Crippen LogP contribution in [0.3, 0.4) is 0 Å². The predicted molar refractivity (Wildman–Crippen MR) is 47.5 cm³/mol. The smallest absolute Gasteiger partial charge is 0.317 e. The Morgan fingerprint density at radius 2 is 1.38 bits per heavy atom. The maximum Gasteiger partial charge on any atom is 0.317 e. The fraction of sp³-hybridized carbons (Fsp3) is 0.750. The highest BCUT2D eigenvalue weighted by Crippen LogP contribution is 2.01. The summed E-state index contributed by atoms with van der Waals surface area (Å²) in [7, 11) is 0. The molecule has 0 saturated carbocycles. The van der Waals surface area contributed by atoms with Crippen molar-refractivity contribution in [2.75, 3.05) is 13.1 Å². The molecule has 5 heteroatoms. The van der Waals surface area contributed by atoms with Gasteiger partial charge in [0, 0.05) is 13.1 Å². The van der Waals surface area contributed by atoms with E-state index in [1.807, 2.05) is 0 Å². The van der Waals surface area contributed by atoms with Crippen molar-refractivity contribution in [2.24, 2.45) is 23.3 Å². The first-order chi connectivity index (χ1) is 6.02. The standard InChI is InChI=1S/C8H16N2O3/c1-5(3-9)7(11)13-8(12)6(2)4-10/h5-6H,3-4,9-10H2,1-2H3. The van der Waals surface area contributed by atoms with Gasteiger partial charge in [-0.25, -0.2) is 0 Å². The molecule has 0 aromatic heterocycles. The van der Waals surface area contributed by atoms with Crippen LogP contribution < -0.4 is 11.5 Å². The minimum absolute atomic E-state index is 0.170. The first-order valence-corrected chi connectivity index (χ1v) is 4.18. The fourth-order valence-corrected chi connectivity index (χ4v) is 0.493. The van der Waals surface area contributed by atoms with E-state index in [-0.39, 0.29) is 13.1 Å². The Labute approximate surface area is 77.4 Å². The average molecular weight is 188 g/mol. The van der Waals surface area contributed by atoms with Gasteiger partial charge in [0.2, 0.25) is 0 Å². The van der Waals surface area contributed by atoms with Crippen molar-refractivity contribution in [2.45, 2.75) is 13.8 Å². The second kappa shape index (κ2) is 5.66. The van der Waals surface area contributed by atoms with Gasteiger partial charge >= 0.3 is 11.9 Å². The molecule has 0 radical (unpaired) electrons. The zero-order valence-corrected chi connectivity index (χ0v) is 7.95. The maximum absolute atomic E-state index is 11.0. The van der Waals surface area contributed by atoms with Gasteiger partial charge in [0.1, 0.15) is 0 Å². The van der Waals surface area contributed by atoms with Crippen molar-refractivity contribution in [3.05, 3.63) is 0 Å². The number of esters is 2. The summed E-state index contributed by atoms with van der Waals surface area (Å²) in [5.74, 6) is -2.08. The number of rotatable bonds is 4. The highest BCUT2D eigenvalue weighted by molar-refractivity contribution is 5.87. The average Bonchev–Trinajstić information content (AvgIpc) is 2.14. The highest BCUT2D eigenvalue weighted by atomic mass is 16.6. The molecule has 76 valence electrons. The summed E-state index contributed by atoms with van der Waals surface area (Å²) in [4.78, 5) is 22.1. The third-order valence-corrected chi connectivity index (χ3v) is 1.71. The molecule has 0 aliphatic carbocycles. The van der Waals surface area contributed by atoms with Gasteiger partial charge in [-0.3, -0.25) is 9.59 Å². The van der Waals surface area contributed by atoms with Crippen molar-refractivity contribution in [3.63, 3.8) is 0 Å². The van der Waals surface area contributed by atoms with Crippen molar-refractivity contribution >= 4 is 11.9 Å². The molecule has 0 amide bonds. The van der Waals surface area contributed by atoms with E-state index in [4.69, 9.17) is 11.5 Å². The SMILES string of the molecule is CC(CN)C(=O)OC(=O)C(C)CN. The van der Waals surface area contributed by atoms with E-state index in [1.54, 1.807) is 13.8 Å². The van der Waals surface area contributed by atoms with E-state index < -0.39 is 23.8 Å². The Morgan fingerprint density at radius 1 is 1.08 bits per heavy atom. The third kappa shape index (κ3) is 4.00. The van der Waals surface area contributed by atoms with E-state index in [0.29, 0.717) is 0 Å². The molecule has 0 rings (SSSR count). The monoisotopic (exact) mass is 188 g/mol. The van der Waals surface area contributed by atoms with Gasteiger partial charge < -0.3 is 16.2 Å². The summed E-state index contributed by atoms with van der Waals surface area (Å²) in [6.45, 7) is 3.54. The molecular weight excluding hydrogens is 172 g/mol. The molecule has 0 bridgehead atoms. The van der Waals surface area contributed by atoms with Crippen LogP contribution in [0, 0.1) is 11.8 Å². The van der Waals surface area contributed by atoms with Crippen LogP contribution in [-0.4, -0.2) is 25.0 Å². The van der Waals surface area contributed by atoms with E-state index in [1.165, 1.54) is 0 Å². The zero-order chi connectivity index (χ0) is 10.4.